The monoisotopic (exact) mass is 125 g/mol. The number of nitrogens with zero attached hydrogens (tertiary/aromatic N) is 1. The highest BCUT2D eigenvalue weighted by atomic mass is 16.3. The zero-order chi connectivity index (χ0) is 6.69. The van der Waals surface area contributed by atoms with E-state index in [1.165, 1.54) is 6.42 Å². The van der Waals surface area contributed by atoms with Gasteiger partial charge in [-0.25, -0.2) is 0 Å². The second kappa shape index (κ2) is 2.84. The van der Waals surface area contributed by atoms with Gasteiger partial charge in [-0.3, -0.25) is 0 Å². The van der Waals surface area contributed by atoms with Crippen molar-refractivity contribution in [2.45, 2.75) is 19.3 Å². The summed E-state index contributed by atoms with van der Waals surface area (Å²) < 4.78 is 0. The first-order chi connectivity index (χ1) is 4.38. The van der Waals surface area contributed by atoms with Crippen LogP contribution in [0.5, 0.6) is 0 Å². The largest absolute Gasteiger partial charge is 0.395 e. The minimum absolute atomic E-state index is 0.0428. The van der Waals surface area contributed by atoms with Gasteiger partial charge in [0.2, 0.25) is 0 Å². The van der Waals surface area contributed by atoms with Gasteiger partial charge in [0.05, 0.1) is 18.6 Å². The van der Waals surface area contributed by atoms with Crippen LogP contribution in [0.2, 0.25) is 0 Å². The summed E-state index contributed by atoms with van der Waals surface area (Å²) in [6.07, 6.45) is 3.51. The predicted octanol–water partition coefficient (Wildman–Crippen LogP) is 0.919. The van der Waals surface area contributed by atoms with Crippen molar-refractivity contribution in [2.75, 3.05) is 6.61 Å². The molecule has 1 N–H and O–H groups in total. The van der Waals surface area contributed by atoms with Gasteiger partial charge in [-0.05, 0) is 18.8 Å². The average Bonchev–Trinajstić information content (AvgIpc) is 1.78. The first-order valence-corrected chi connectivity index (χ1v) is 3.39. The SMILES string of the molecule is N#CC(CO)C1CCC1. The van der Waals surface area contributed by atoms with Crippen molar-refractivity contribution < 1.29 is 5.11 Å². The van der Waals surface area contributed by atoms with E-state index in [1.54, 1.807) is 0 Å². The molecule has 0 bridgehead atoms. The summed E-state index contributed by atoms with van der Waals surface area (Å²) in [5.41, 5.74) is 0. The van der Waals surface area contributed by atoms with Crippen LogP contribution in [-0.2, 0) is 0 Å². The van der Waals surface area contributed by atoms with E-state index in [0.29, 0.717) is 5.92 Å². The Morgan fingerprint density at radius 1 is 1.67 bits per heavy atom. The Hall–Kier alpha value is -0.550. The summed E-state index contributed by atoms with van der Waals surface area (Å²) in [5, 5.41) is 17.1. The molecule has 0 spiro atoms. The predicted molar refractivity (Wildman–Crippen MR) is 33.5 cm³/mol. The van der Waals surface area contributed by atoms with Gasteiger partial charge >= 0.3 is 0 Å². The van der Waals surface area contributed by atoms with Crippen LogP contribution < -0.4 is 0 Å². The highest BCUT2D eigenvalue weighted by Gasteiger charge is 2.26. The number of hydrogen-bond acceptors (Lipinski definition) is 2. The fourth-order valence-electron chi connectivity index (χ4n) is 1.14. The third-order valence-electron chi connectivity index (χ3n) is 2.08. The van der Waals surface area contributed by atoms with E-state index in [9.17, 15) is 0 Å². The zero-order valence-electron chi connectivity index (χ0n) is 5.38. The maximum absolute atomic E-state index is 8.64. The van der Waals surface area contributed by atoms with Crippen LogP contribution in [-0.4, -0.2) is 11.7 Å². The van der Waals surface area contributed by atoms with Gasteiger partial charge in [0.25, 0.3) is 0 Å². The van der Waals surface area contributed by atoms with E-state index in [0.717, 1.165) is 12.8 Å². The molecular formula is C7H11NO. The molecule has 1 saturated carbocycles. The van der Waals surface area contributed by atoms with Crippen molar-refractivity contribution in [3.63, 3.8) is 0 Å². The molecule has 1 unspecified atom stereocenters. The van der Waals surface area contributed by atoms with Gasteiger partial charge in [-0.2, -0.15) is 5.26 Å². The molecule has 1 atom stereocenters. The Kier molecular flexibility index (Phi) is 2.07. The average molecular weight is 125 g/mol. The second-order valence-corrected chi connectivity index (χ2v) is 2.61. The van der Waals surface area contributed by atoms with Gasteiger partial charge in [-0.1, -0.05) is 6.42 Å². The highest BCUT2D eigenvalue weighted by molar-refractivity contribution is 4.90. The Morgan fingerprint density at radius 2 is 2.33 bits per heavy atom. The molecular weight excluding hydrogens is 114 g/mol. The lowest BCUT2D eigenvalue weighted by Gasteiger charge is -2.28. The Bertz CT molecular complexity index is 123. The van der Waals surface area contributed by atoms with Crippen LogP contribution in [0.4, 0.5) is 0 Å². The van der Waals surface area contributed by atoms with Crippen molar-refractivity contribution in [3.8, 4) is 6.07 Å². The summed E-state index contributed by atoms with van der Waals surface area (Å²) in [4.78, 5) is 0. The molecule has 0 saturated heterocycles. The maximum Gasteiger partial charge on any atom is 0.0722 e. The fraction of sp³-hybridized carbons (Fsp3) is 0.857. The van der Waals surface area contributed by atoms with E-state index < -0.39 is 0 Å². The van der Waals surface area contributed by atoms with Crippen LogP contribution in [0.1, 0.15) is 19.3 Å². The van der Waals surface area contributed by atoms with E-state index in [4.69, 9.17) is 10.4 Å². The Morgan fingerprint density at radius 3 is 2.44 bits per heavy atom. The molecule has 1 rings (SSSR count). The first-order valence-electron chi connectivity index (χ1n) is 3.39. The lowest BCUT2D eigenvalue weighted by atomic mass is 9.77. The van der Waals surface area contributed by atoms with Crippen LogP contribution in [0.15, 0.2) is 0 Å². The summed E-state index contributed by atoms with van der Waals surface area (Å²) in [5.74, 6) is 0.416. The third kappa shape index (κ3) is 1.22. The summed E-state index contributed by atoms with van der Waals surface area (Å²) >= 11 is 0. The van der Waals surface area contributed by atoms with Crippen molar-refractivity contribution in [1.29, 1.82) is 5.26 Å². The summed E-state index contributed by atoms with van der Waals surface area (Å²) in [7, 11) is 0. The highest BCUT2D eigenvalue weighted by Crippen LogP contribution is 2.32. The number of nitriles is 1. The molecule has 2 heteroatoms. The molecule has 0 heterocycles. The minimum atomic E-state index is -0.0845. The van der Waals surface area contributed by atoms with E-state index in [2.05, 4.69) is 6.07 Å². The van der Waals surface area contributed by atoms with E-state index >= 15 is 0 Å². The quantitative estimate of drug-likeness (QED) is 0.596. The number of aliphatic hydroxyl groups excluding tert-OH is 1. The third-order valence-corrected chi connectivity index (χ3v) is 2.08. The van der Waals surface area contributed by atoms with Crippen molar-refractivity contribution >= 4 is 0 Å². The standard InChI is InChI=1S/C7H11NO/c8-4-7(5-9)6-2-1-3-6/h6-7,9H,1-3,5H2. The van der Waals surface area contributed by atoms with Crippen LogP contribution in [0.3, 0.4) is 0 Å². The Labute approximate surface area is 55.1 Å². The number of rotatable bonds is 2. The molecule has 50 valence electrons. The number of aliphatic hydroxyl groups is 1. The second-order valence-electron chi connectivity index (χ2n) is 2.61. The topological polar surface area (TPSA) is 44.0 Å². The van der Waals surface area contributed by atoms with E-state index in [1.807, 2.05) is 0 Å². The molecule has 2 nitrogen and oxygen atoms in total. The van der Waals surface area contributed by atoms with Crippen molar-refractivity contribution in [1.82, 2.24) is 0 Å². The zero-order valence-corrected chi connectivity index (χ0v) is 5.38. The van der Waals surface area contributed by atoms with Crippen LogP contribution >= 0.6 is 0 Å². The molecule has 0 aromatic heterocycles. The first kappa shape index (κ1) is 6.57. The van der Waals surface area contributed by atoms with E-state index in [-0.39, 0.29) is 12.5 Å². The number of hydrogen-bond donors (Lipinski definition) is 1. The van der Waals surface area contributed by atoms with Gasteiger partial charge in [0.15, 0.2) is 0 Å². The van der Waals surface area contributed by atoms with Gasteiger partial charge in [0.1, 0.15) is 0 Å². The normalized spacial score (nSPS) is 22.2. The minimum Gasteiger partial charge on any atom is -0.395 e. The fourth-order valence-corrected chi connectivity index (χ4v) is 1.14. The Balaban J connectivity index is 2.30. The molecule has 0 aromatic rings. The lowest BCUT2D eigenvalue weighted by Crippen LogP contribution is -2.23. The van der Waals surface area contributed by atoms with Crippen LogP contribution in [0.25, 0.3) is 0 Å². The van der Waals surface area contributed by atoms with Gasteiger partial charge in [-0.15, -0.1) is 0 Å². The summed E-state index contributed by atoms with van der Waals surface area (Å²) in [6, 6.07) is 2.10. The molecule has 1 aliphatic rings. The van der Waals surface area contributed by atoms with Crippen molar-refractivity contribution in [2.24, 2.45) is 11.8 Å². The molecule has 0 radical (unpaired) electrons. The molecule has 0 aliphatic heterocycles. The maximum atomic E-state index is 8.64. The van der Waals surface area contributed by atoms with Gasteiger partial charge in [0, 0.05) is 0 Å². The van der Waals surface area contributed by atoms with Crippen LogP contribution in [0, 0.1) is 23.2 Å². The molecule has 1 aliphatic carbocycles. The molecule has 1 fully saturated rings. The summed E-state index contributed by atoms with van der Waals surface area (Å²) in [6.45, 7) is 0.0428. The van der Waals surface area contributed by atoms with Gasteiger partial charge < -0.3 is 5.11 Å². The lowest BCUT2D eigenvalue weighted by molar-refractivity contribution is 0.160. The molecule has 0 aromatic carbocycles. The smallest absolute Gasteiger partial charge is 0.0722 e. The molecule has 9 heavy (non-hydrogen) atoms. The van der Waals surface area contributed by atoms with Crippen molar-refractivity contribution in [3.05, 3.63) is 0 Å². The molecule has 0 amide bonds.